The van der Waals surface area contributed by atoms with Crippen molar-refractivity contribution >= 4 is 12.0 Å². The maximum Gasteiger partial charge on any atom is 0.416 e. The number of benzene rings is 2. The number of phenols is 1. The zero-order valence-electron chi connectivity index (χ0n) is 16.1. The van der Waals surface area contributed by atoms with Crippen LogP contribution >= 0.6 is 0 Å². The normalized spacial score (nSPS) is 14.6. The van der Waals surface area contributed by atoms with Crippen LogP contribution in [0.4, 0.5) is 18.0 Å². The molecule has 0 unspecified atom stereocenters. The van der Waals surface area contributed by atoms with E-state index in [2.05, 4.69) is 0 Å². The van der Waals surface area contributed by atoms with Gasteiger partial charge in [0.05, 0.1) is 5.56 Å². The number of hydrogen-bond donors (Lipinski definition) is 3. The molecule has 6 nitrogen and oxygen atoms in total. The standard InChI is InChI=1S/C14H16F3NO2.C7H7NO2/c15-14(16,17)12-3-1-10(2-4-12)9-11-5-7-18(8-6-11)13(19)20;8-7(10)5-1-3-6(9)4-2-5/h1-4,11H,5-9H2,(H,19,20);1-4,9H,(H2,8,10). The number of rotatable bonds is 3. The number of carboxylic acid groups (broad SMARTS) is 1. The first-order valence-electron chi connectivity index (χ1n) is 9.29. The maximum atomic E-state index is 12.4. The van der Waals surface area contributed by atoms with E-state index in [1.807, 2.05) is 0 Å². The second-order valence-electron chi connectivity index (χ2n) is 7.02. The molecule has 1 aliphatic rings. The van der Waals surface area contributed by atoms with Gasteiger partial charge in [0.25, 0.3) is 0 Å². The molecule has 9 heteroatoms. The van der Waals surface area contributed by atoms with Crippen molar-refractivity contribution in [3.63, 3.8) is 0 Å². The number of piperidine rings is 1. The van der Waals surface area contributed by atoms with E-state index in [1.165, 1.54) is 41.3 Å². The molecule has 30 heavy (non-hydrogen) atoms. The first-order chi connectivity index (χ1) is 14.1. The Kier molecular flexibility index (Phi) is 7.68. The number of phenolic OH excluding ortho intramolecular Hbond substituents is 1. The number of likely N-dealkylation sites (tertiary alicyclic amines) is 1. The van der Waals surface area contributed by atoms with E-state index >= 15 is 0 Å². The second kappa shape index (κ2) is 10.00. The van der Waals surface area contributed by atoms with Gasteiger partial charge in [-0.1, -0.05) is 12.1 Å². The predicted molar refractivity (Wildman–Crippen MR) is 104 cm³/mol. The molecule has 3 rings (SSSR count). The molecule has 1 heterocycles. The molecule has 1 fully saturated rings. The molecule has 1 saturated heterocycles. The summed E-state index contributed by atoms with van der Waals surface area (Å²) in [7, 11) is 0. The van der Waals surface area contributed by atoms with Gasteiger partial charge in [0, 0.05) is 18.7 Å². The van der Waals surface area contributed by atoms with Crippen molar-refractivity contribution in [3.8, 4) is 5.75 Å². The molecule has 0 bridgehead atoms. The highest BCUT2D eigenvalue weighted by Crippen LogP contribution is 2.30. The number of alkyl halides is 3. The number of primary amides is 1. The molecule has 2 aromatic carbocycles. The molecular formula is C21H23F3N2O4. The number of nitrogens with zero attached hydrogens (tertiary/aromatic N) is 1. The average Bonchev–Trinajstić information content (AvgIpc) is 2.69. The predicted octanol–water partition coefficient (Wildman–Crippen LogP) is 4.13. The number of carbonyl (C=O) groups is 2. The molecule has 1 aliphatic heterocycles. The van der Waals surface area contributed by atoms with Crippen LogP contribution < -0.4 is 5.73 Å². The van der Waals surface area contributed by atoms with Gasteiger partial charge in [-0.05, 0) is 67.1 Å². The maximum absolute atomic E-state index is 12.4. The van der Waals surface area contributed by atoms with Gasteiger partial charge in [-0.15, -0.1) is 0 Å². The highest BCUT2D eigenvalue weighted by molar-refractivity contribution is 5.92. The molecular weight excluding hydrogens is 401 g/mol. The van der Waals surface area contributed by atoms with E-state index in [-0.39, 0.29) is 5.75 Å². The van der Waals surface area contributed by atoms with E-state index < -0.39 is 23.7 Å². The fourth-order valence-electron chi connectivity index (χ4n) is 3.12. The molecule has 162 valence electrons. The lowest BCUT2D eigenvalue weighted by atomic mass is 9.90. The lowest BCUT2D eigenvalue weighted by molar-refractivity contribution is -0.137. The van der Waals surface area contributed by atoms with Gasteiger partial charge < -0.3 is 20.8 Å². The minimum absolute atomic E-state index is 0.130. The first kappa shape index (κ1) is 23.1. The first-order valence-corrected chi connectivity index (χ1v) is 9.29. The van der Waals surface area contributed by atoms with Crippen LogP contribution in [0.15, 0.2) is 48.5 Å². The Morgan fingerprint density at radius 1 is 1.00 bits per heavy atom. The van der Waals surface area contributed by atoms with Crippen molar-refractivity contribution in [2.24, 2.45) is 11.7 Å². The highest BCUT2D eigenvalue weighted by Gasteiger charge is 2.30. The second-order valence-corrected chi connectivity index (χ2v) is 7.02. The Morgan fingerprint density at radius 3 is 1.97 bits per heavy atom. The summed E-state index contributed by atoms with van der Waals surface area (Å²) in [5.41, 5.74) is 5.57. The molecule has 0 saturated carbocycles. The number of carbonyl (C=O) groups excluding carboxylic acids is 1. The molecule has 2 amide bonds. The van der Waals surface area contributed by atoms with Crippen LogP contribution in [0, 0.1) is 5.92 Å². The lowest BCUT2D eigenvalue weighted by Crippen LogP contribution is -2.37. The van der Waals surface area contributed by atoms with Gasteiger partial charge >= 0.3 is 12.3 Å². The van der Waals surface area contributed by atoms with Crippen molar-refractivity contribution in [2.75, 3.05) is 13.1 Å². The summed E-state index contributed by atoms with van der Waals surface area (Å²) >= 11 is 0. The third-order valence-corrected chi connectivity index (χ3v) is 4.84. The summed E-state index contributed by atoms with van der Waals surface area (Å²) in [6, 6.07) is 11.0. The molecule has 0 aromatic heterocycles. The topological polar surface area (TPSA) is 104 Å². The molecule has 2 aromatic rings. The zero-order valence-corrected chi connectivity index (χ0v) is 16.1. The Bertz CT molecular complexity index is 844. The number of aromatic hydroxyl groups is 1. The number of hydrogen-bond acceptors (Lipinski definition) is 3. The van der Waals surface area contributed by atoms with Gasteiger partial charge in [-0.3, -0.25) is 4.79 Å². The minimum Gasteiger partial charge on any atom is -0.508 e. The van der Waals surface area contributed by atoms with E-state index in [1.54, 1.807) is 0 Å². The van der Waals surface area contributed by atoms with Crippen molar-refractivity contribution in [2.45, 2.75) is 25.4 Å². The minimum atomic E-state index is -4.30. The van der Waals surface area contributed by atoms with Gasteiger partial charge in [0.1, 0.15) is 5.75 Å². The van der Waals surface area contributed by atoms with E-state index in [9.17, 15) is 22.8 Å². The van der Waals surface area contributed by atoms with E-state index in [0.29, 0.717) is 31.0 Å². The lowest BCUT2D eigenvalue weighted by Gasteiger charge is -2.30. The van der Waals surface area contributed by atoms with Crippen LogP contribution in [-0.2, 0) is 12.6 Å². The van der Waals surface area contributed by atoms with Crippen molar-refractivity contribution < 1.29 is 33.0 Å². The van der Waals surface area contributed by atoms with Crippen LogP contribution in [0.1, 0.15) is 34.3 Å². The molecule has 0 spiro atoms. The molecule has 0 radical (unpaired) electrons. The van der Waals surface area contributed by atoms with Gasteiger partial charge in [0.15, 0.2) is 0 Å². The SMILES string of the molecule is NC(=O)c1ccc(O)cc1.O=C(O)N1CCC(Cc2ccc(C(F)(F)F)cc2)CC1. The fourth-order valence-corrected chi connectivity index (χ4v) is 3.12. The Morgan fingerprint density at radius 2 is 1.53 bits per heavy atom. The number of halogens is 3. The van der Waals surface area contributed by atoms with E-state index in [4.69, 9.17) is 15.9 Å². The van der Waals surface area contributed by atoms with Crippen LogP contribution in [-0.4, -0.2) is 40.2 Å². The molecule has 0 atom stereocenters. The summed E-state index contributed by atoms with van der Waals surface area (Å²) in [5, 5.41) is 17.6. The Hall–Kier alpha value is -3.23. The van der Waals surface area contributed by atoms with Gasteiger partial charge in [0.2, 0.25) is 5.91 Å². The van der Waals surface area contributed by atoms with Crippen LogP contribution in [0.5, 0.6) is 5.75 Å². The molecule has 0 aliphatic carbocycles. The summed E-state index contributed by atoms with van der Waals surface area (Å²) in [4.78, 5) is 22.6. The fraction of sp³-hybridized carbons (Fsp3) is 0.333. The summed E-state index contributed by atoms with van der Waals surface area (Å²) in [6.07, 6.45) is -2.99. The quantitative estimate of drug-likeness (QED) is 0.689. The number of nitrogens with two attached hydrogens (primary N) is 1. The van der Waals surface area contributed by atoms with Crippen LogP contribution in [0.2, 0.25) is 0 Å². The van der Waals surface area contributed by atoms with E-state index in [0.717, 1.165) is 30.5 Å². The van der Waals surface area contributed by atoms with Crippen molar-refractivity contribution in [1.29, 1.82) is 0 Å². The van der Waals surface area contributed by atoms with Crippen LogP contribution in [0.3, 0.4) is 0 Å². The summed E-state index contributed by atoms with van der Waals surface area (Å²) in [6.45, 7) is 1.00. The monoisotopic (exact) mass is 424 g/mol. The zero-order chi connectivity index (χ0) is 22.3. The van der Waals surface area contributed by atoms with Crippen molar-refractivity contribution in [3.05, 3.63) is 65.2 Å². The van der Waals surface area contributed by atoms with Gasteiger partial charge in [-0.2, -0.15) is 13.2 Å². The third kappa shape index (κ3) is 6.98. The third-order valence-electron chi connectivity index (χ3n) is 4.84. The number of amides is 2. The smallest absolute Gasteiger partial charge is 0.416 e. The summed E-state index contributed by atoms with van der Waals surface area (Å²) < 4.78 is 37.3. The molecule has 4 N–H and O–H groups in total. The summed E-state index contributed by atoms with van der Waals surface area (Å²) in [5.74, 6) is -0.0210. The largest absolute Gasteiger partial charge is 0.508 e. The van der Waals surface area contributed by atoms with Crippen LogP contribution in [0.25, 0.3) is 0 Å². The average molecular weight is 424 g/mol. The Balaban J connectivity index is 0.000000269. The van der Waals surface area contributed by atoms with Gasteiger partial charge in [-0.25, -0.2) is 4.79 Å². The van der Waals surface area contributed by atoms with Crippen molar-refractivity contribution in [1.82, 2.24) is 4.90 Å². The highest BCUT2D eigenvalue weighted by atomic mass is 19.4. The Labute approximate surface area is 171 Å².